The number of carbonyl (C=O) groups excluding carboxylic acids is 1. The molecule has 2 unspecified atom stereocenters. The minimum Gasteiger partial charge on any atom is -0.455 e. The van der Waals surface area contributed by atoms with Gasteiger partial charge in [0, 0.05) is 11.0 Å². The van der Waals surface area contributed by atoms with Crippen molar-refractivity contribution >= 4 is 5.97 Å². The third kappa shape index (κ3) is 3.05. The second-order valence-electron chi connectivity index (χ2n) is 7.56. The van der Waals surface area contributed by atoms with E-state index >= 15 is 0 Å². The molecule has 0 radical (unpaired) electrons. The van der Waals surface area contributed by atoms with Gasteiger partial charge in [-0.25, -0.2) is 4.79 Å². The summed E-state index contributed by atoms with van der Waals surface area (Å²) in [6, 6.07) is 0. The molecule has 0 amide bonds. The maximum atomic E-state index is 12.3. The molecule has 2 aliphatic rings. The molecule has 2 aliphatic carbocycles. The fourth-order valence-electron chi connectivity index (χ4n) is 4.90. The highest BCUT2D eigenvalue weighted by Gasteiger charge is 2.56. The second-order valence-corrected chi connectivity index (χ2v) is 7.56. The van der Waals surface area contributed by atoms with E-state index in [2.05, 4.69) is 20.4 Å². The van der Waals surface area contributed by atoms with Gasteiger partial charge in [-0.15, -0.1) is 0 Å². The summed E-state index contributed by atoms with van der Waals surface area (Å²) in [5.41, 5.74) is 0.435. The van der Waals surface area contributed by atoms with Gasteiger partial charge in [-0.05, 0) is 51.4 Å². The number of hydrogen-bond donors (Lipinski definition) is 0. The molecule has 120 valence electrons. The molecule has 0 N–H and O–H groups in total. The van der Waals surface area contributed by atoms with Crippen LogP contribution in [0, 0.1) is 11.3 Å². The van der Waals surface area contributed by atoms with Crippen LogP contribution >= 0.6 is 0 Å². The summed E-state index contributed by atoms with van der Waals surface area (Å²) in [4.78, 5) is 12.3. The standard InChI is InChI=1S/C19H32O2/c1-5-12-18(4)13-8-9-14-19(18,16-10-6-7-11-16)21-17(20)15(2)3/h16H,2,5-14H2,1,3-4H3. The molecule has 0 aromatic rings. The van der Waals surface area contributed by atoms with Crippen molar-refractivity contribution in [2.75, 3.05) is 0 Å². The lowest BCUT2D eigenvalue weighted by atomic mass is 9.57. The third-order valence-corrected chi connectivity index (χ3v) is 5.99. The molecule has 2 heteroatoms. The Labute approximate surface area is 130 Å². The van der Waals surface area contributed by atoms with E-state index in [4.69, 9.17) is 4.74 Å². The van der Waals surface area contributed by atoms with Gasteiger partial charge in [-0.2, -0.15) is 0 Å². The van der Waals surface area contributed by atoms with Crippen molar-refractivity contribution in [1.29, 1.82) is 0 Å². The highest BCUT2D eigenvalue weighted by Crippen LogP contribution is 2.56. The van der Waals surface area contributed by atoms with Crippen molar-refractivity contribution in [1.82, 2.24) is 0 Å². The Kier molecular flexibility index (Phi) is 5.16. The maximum absolute atomic E-state index is 12.3. The minimum atomic E-state index is -0.242. The average Bonchev–Trinajstić information content (AvgIpc) is 2.96. The Balaban J connectivity index is 2.36. The zero-order chi connectivity index (χ0) is 15.5. The molecule has 2 atom stereocenters. The van der Waals surface area contributed by atoms with Crippen molar-refractivity contribution in [2.45, 2.75) is 90.6 Å². The lowest BCUT2D eigenvalue weighted by molar-refractivity contribution is -0.197. The van der Waals surface area contributed by atoms with Crippen LogP contribution in [-0.4, -0.2) is 11.6 Å². The quantitative estimate of drug-likeness (QED) is 0.500. The van der Waals surface area contributed by atoms with Crippen LogP contribution in [0.5, 0.6) is 0 Å². The van der Waals surface area contributed by atoms with Crippen LogP contribution in [0.2, 0.25) is 0 Å². The van der Waals surface area contributed by atoms with E-state index in [1.807, 2.05) is 0 Å². The molecule has 2 saturated carbocycles. The first-order valence-corrected chi connectivity index (χ1v) is 8.84. The van der Waals surface area contributed by atoms with Gasteiger partial charge >= 0.3 is 5.97 Å². The summed E-state index contributed by atoms with van der Waals surface area (Å²) in [7, 11) is 0. The molecule has 2 fully saturated rings. The van der Waals surface area contributed by atoms with Crippen molar-refractivity contribution in [3.05, 3.63) is 12.2 Å². The summed E-state index contributed by atoms with van der Waals surface area (Å²) >= 11 is 0. The monoisotopic (exact) mass is 292 g/mol. The van der Waals surface area contributed by atoms with Gasteiger partial charge in [0.15, 0.2) is 0 Å². The zero-order valence-electron chi connectivity index (χ0n) is 14.2. The molecule has 2 rings (SSSR count). The summed E-state index contributed by atoms with van der Waals surface area (Å²) in [6.45, 7) is 10.2. The average molecular weight is 292 g/mol. The topological polar surface area (TPSA) is 26.3 Å². The lowest BCUT2D eigenvalue weighted by Gasteiger charge is -2.54. The van der Waals surface area contributed by atoms with Gasteiger partial charge in [0.25, 0.3) is 0 Å². The van der Waals surface area contributed by atoms with Gasteiger partial charge < -0.3 is 4.74 Å². The van der Waals surface area contributed by atoms with Gasteiger partial charge in [0.05, 0.1) is 0 Å². The zero-order valence-corrected chi connectivity index (χ0v) is 14.2. The number of rotatable bonds is 5. The van der Waals surface area contributed by atoms with Gasteiger partial charge in [-0.1, -0.05) is 46.1 Å². The molecule has 2 nitrogen and oxygen atoms in total. The predicted octanol–water partition coefficient (Wildman–Crippen LogP) is 5.42. The van der Waals surface area contributed by atoms with Crippen molar-refractivity contribution in [2.24, 2.45) is 11.3 Å². The molecule has 0 aromatic carbocycles. The van der Waals surface area contributed by atoms with E-state index in [1.165, 1.54) is 44.9 Å². The molecular formula is C19H32O2. The van der Waals surface area contributed by atoms with Crippen molar-refractivity contribution in [3.8, 4) is 0 Å². The highest BCUT2D eigenvalue weighted by molar-refractivity contribution is 5.87. The Hall–Kier alpha value is -0.790. The molecule has 0 aromatic heterocycles. The van der Waals surface area contributed by atoms with Crippen LogP contribution in [-0.2, 0) is 9.53 Å². The molecule has 0 saturated heterocycles. The first-order valence-electron chi connectivity index (χ1n) is 8.84. The molecule has 0 bridgehead atoms. The highest BCUT2D eigenvalue weighted by atomic mass is 16.6. The normalized spacial score (nSPS) is 33.9. The van der Waals surface area contributed by atoms with E-state index in [0.29, 0.717) is 11.5 Å². The molecule has 0 spiro atoms. The van der Waals surface area contributed by atoms with Crippen LogP contribution in [0.1, 0.15) is 85.0 Å². The van der Waals surface area contributed by atoms with Gasteiger partial charge in [0.2, 0.25) is 0 Å². The number of ether oxygens (including phenoxy) is 1. The predicted molar refractivity (Wildman–Crippen MR) is 87.1 cm³/mol. The van der Waals surface area contributed by atoms with E-state index in [1.54, 1.807) is 6.92 Å². The Bertz CT molecular complexity index is 390. The van der Waals surface area contributed by atoms with Crippen LogP contribution in [0.3, 0.4) is 0 Å². The molecule has 0 aliphatic heterocycles. The van der Waals surface area contributed by atoms with Crippen molar-refractivity contribution < 1.29 is 9.53 Å². The van der Waals surface area contributed by atoms with Crippen LogP contribution in [0.15, 0.2) is 12.2 Å². The first-order chi connectivity index (χ1) is 9.95. The summed E-state index contributed by atoms with van der Waals surface area (Å²) < 4.78 is 6.25. The lowest BCUT2D eigenvalue weighted by Crippen LogP contribution is -2.56. The minimum absolute atomic E-state index is 0.139. The van der Waals surface area contributed by atoms with Crippen LogP contribution < -0.4 is 0 Å². The van der Waals surface area contributed by atoms with Crippen LogP contribution in [0.4, 0.5) is 0 Å². The van der Waals surface area contributed by atoms with Crippen molar-refractivity contribution in [3.63, 3.8) is 0 Å². The summed E-state index contributed by atoms with van der Waals surface area (Å²) in [5.74, 6) is 0.378. The fraction of sp³-hybridized carbons (Fsp3) is 0.842. The number of carbonyl (C=O) groups is 1. The van der Waals surface area contributed by atoms with Gasteiger partial charge in [0.1, 0.15) is 5.60 Å². The third-order valence-electron chi connectivity index (χ3n) is 5.99. The fourth-order valence-corrected chi connectivity index (χ4v) is 4.90. The Morgan fingerprint density at radius 3 is 2.38 bits per heavy atom. The summed E-state index contributed by atoms with van der Waals surface area (Å²) in [6.07, 6.45) is 12.1. The maximum Gasteiger partial charge on any atom is 0.333 e. The van der Waals surface area contributed by atoms with E-state index < -0.39 is 0 Å². The number of esters is 1. The van der Waals surface area contributed by atoms with E-state index in [0.717, 1.165) is 19.3 Å². The molecule has 21 heavy (non-hydrogen) atoms. The molecule has 0 heterocycles. The van der Waals surface area contributed by atoms with Gasteiger partial charge in [-0.3, -0.25) is 0 Å². The molecular weight excluding hydrogens is 260 g/mol. The Morgan fingerprint density at radius 2 is 1.81 bits per heavy atom. The largest absolute Gasteiger partial charge is 0.455 e. The first kappa shape index (κ1) is 16.6. The SMILES string of the molecule is C=C(C)C(=O)OC1(C2CCCC2)CCCCC1(C)CCC. The second kappa shape index (κ2) is 6.54. The smallest absolute Gasteiger partial charge is 0.333 e. The Morgan fingerprint density at radius 1 is 1.19 bits per heavy atom. The van der Waals surface area contributed by atoms with E-state index in [-0.39, 0.29) is 17.0 Å². The van der Waals surface area contributed by atoms with Crippen LogP contribution in [0.25, 0.3) is 0 Å². The summed E-state index contributed by atoms with van der Waals surface area (Å²) in [5, 5.41) is 0. The number of hydrogen-bond acceptors (Lipinski definition) is 2. The van der Waals surface area contributed by atoms with E-state index in [9.17, 15) is 4.79 Å².